The summed E-state index contributed by atoms with van der Waals surface area (Å²) in [5, 5.41) is 3.56. The number of hydrogen-bond donors (Lipinski definition) is 1. The van der Waals surface area contributed by atoms with Crippen LogP contribution in [0.15, 0.2) is 18.2 Å². The quantitative estimate of drug-likeness (QED) is 0.879. The van der Waals surface area contributed by atoms with Crippen molar-refractivity contribution in [2.45, 2.75) is 59.1 Å². The first kappa shape index (κ1) is 15.3. The summed E-state index contributed by atoms with van der Waals surface area (Å²) >= 11 is 0. The lowest BCUT2D eigenvalue weighted by atomic mass is 9.84. The Balaban J connectivity index is 2.20. The molecule has 3 heteroatoms. The van der Waals surface area contributed by atoms with Crippen LogP contribution in [0.25, 0.3) is 0 Å². The third-order valence-corrected chi connectivity index (χ3v) is 3.62. The Bertz CT molecular complexity index is 453. The maximum absolute atomic E-state index is 13.4. The lowest BCUT2D eigenvalue weighted by Gasteiger charge is -2.35. The highest BCUT2D eigenvalue weighted by molar-refractivity contribution is 5.38. The first-order valence-electron chi connectivity index (χ1n) is 7.58. The first-order chi connectivity index (χ1) is 9.39. The van der Waals surface area contributed by atoms with E-state index in [1.54, 1.807) is 0 Å². The molecular weight excluding hydrogens is 253 g/mol. The minimum Gasteiger partial charge on any atom is -0.490 e. The molecule has 0 saturated carbocycles. The highest BCUT2D eigenvalue weighted by atomic mass is 19.1. The molecule has 0 saturated heterocycles. The fourth-order valence-electron chi connectivity index (χ4n) is 2.84. The zero-order chi connectivity index (χ0) is 14.8. The maximum atomic E-state index is 13.4. The normalized spacial score (nSPS) is 22.2. The van der Waals surface area contributed by atoms with Crippen molar-refractivity contribution >= 4 is 0 Å². The lowest BCUT2D eigenvalue weighted by Crippen LogP contribution is -2.35. The molecule has 20 heavy (non-hydrogen) atoms. The summed E-state index contributed by atoms with van der Waals surface area (Å²) in [6.07, 6.45) is 3.18. The van der Waals surface area contributed by atoms with Gasteiger partial charge in [0.05, 0.1) is 0 Å². The van der Waals surface area contributed by atoms with Crippen LogP contribution in [0.5, 0.6) is 5.75 Å². The van der Waals surface area contributed by atoms with E-state index in [1.165, 1.54) is 12.1 Å². The van der Waals surface area contributed by atoms with Crippen LogP contribution in [0.2, 0.25) is 0 Å². The molecule has 0 aliphatic carbocycles. The molecular formula is C17H26FNO. The Morgan fingerprint density at radius 3 is 2.75 bits per heavy atom. The van der Waals surface area contributed by atoms with E-state index >= 15 is 0 Å². The monoisotopic (exact) mass is 279 g/mol. The number of nitrogens with one attached hydrogen (secondary N) is 1. The van der Waals surface area contributed by atoms with E-state index in [0.717, 1.165) is 31.4 Å². The standard InChI is InChI=1S/C17H26FNO/c1-5-8-19-15-10-13(11-17(2,3)4)20-16-9-12(18)6-7-14(15)16/h6-7,9,13,15,19H,5,8,10-11H2,1-4H3. The molecule has 1 aliphatic heterocycles. The van der Waals surface area contributed by atoms with Gasteiger partial charge in [0.1, 0.15) is 17.7 Å². The Morgan fingerprint density at radius 1 is 1.35 bits per heavy atom. The molecule has 2 rings (SSSR count). The fourth-order valence-corrected chi connectivity index (χ4v) is 2.84. The van der Waals surface area contributed by atoms with E-state index in [9.17, 15) is 4.39 Å². The minimum absolute atomic E-state index is 0.152. The molecule has 2 nitrogen and oxygen atoms in total. The third kappa shape index (κ3) is 3.95. The van der Waals surface area contributed by atoms with Crippen molar-refractivity contribution in [3.05, 3.63) is 29.6 Å². The average molecular weight is 279 g/mol. The van der Waals surface area contributed by atoms with Crippen molar-refractivity contribution < 1.29 is 9.13 Å². The summed E-state index contributed by atoms with van der Waals surface area (Å²) in [4.78, 5) is 0. The van der Waals surface area contributed by atoms with Gasteiger partial charge in [-0.2, -0.15) is 0 Å². The number of fused-ring (bicyclic) bond motifs is 1. The van der Waals surface area contributed by atoms with E-state index in [2.05, 4.69) is 33.0 Å². The van der Waals surface area contributed by atoms with Crippen molar-refractivity contribution in [2.75, 3.05) is 6.54 Å². The number of benzene rings is 1. The van der Waals surface area contributed by atoms with Crippen molar-refractivity contribution in [1.82, 2.24) is 5.32 Å². The second kappa shape index (κ2) is 6.13. The van der Waals surface area contributed by atoms with Gasteiger partial charge in [-0.1, -0.05) is 33.8 Å². The molecule has 0 bridgehead atoms. The van der Waals surface area contributed by atoms with Gasteiger partial charge in [0.2, 0.25) is 0 Å². The average Bonchev–Trinajstić information content (AvgIpc) is 2.33. The topological polar surface area (TPSA) is 21.3 Å². The molecule has 0 spiro atoms. The van der Waals surface area contributed by atoms with Crippen LogP contribution in [0.4, 0.5) is 4.39 Å². The maximum Gasteiger partial charge on any atom is 0.127 e. The van der Waals surface area contributed by atoms with E-state index in [1.807, 2.05) is 6.07 Å². The van der Waals surface area contributed by atoms with Crippen LogP contribution >= 0.6 is 0 Å². The molecule has 112 valence electrons. The summed E-state index contributed by atoms with van der Waals surface area (Å²) < 4.78 is 19.5. The van der Waals surface area contributed by atoms with Crippen molar-refractivity contribution in [1.29, 1.82) is 0 Å². The van der Waals surface area contributed by atoms with Crippen molar-refractivity contribution in [3.8, 4) is 5.75 Å². The summed E-state index contributed by atoms with van der Waals surface area (Å²) in [6, 6.07) is 5.16. The molecule has 0 radical (unpaired) electrons. The third-order valence-electron chi connectivity index (χ3n) is 3.62. The van der Waals surface area contributed by atoms with E-state index in [0.29, 0.717) is 5.75 Å². The van der Waals surface area contributed by atoms with Crippen LogP contribution in [-0.4, -0.2) is 12.6 Å². The molecule has 1 aliphatic rings. The zero-order valence-electron chi connectivity index (χ0n) is 13.0. The molecule has 0 aromatic heterocycles. The summed E-state index contributed by atoms with van der Waals surface area (Å²) in [5.74, 6) is 0.480. The van der Waals surface area contributed by atoms with Crippen molar-refractivity contribution in [2.24, 2.45) is 5.41 Å². The largest absolute Gasteiger partial charge is 0.490 e. The molecule has 2 atom stereocenters. The second-order valence-electron chi connectivity index (χ2n) is 6.93. The predicted octanol–water partition coefficient (Wildman–Crippen LogP) is 4.45. The smallest absolute Gasteiger partial charge is 0.127 e. The van der Waals surface area contributed by atoms with Crippen LogP contribution < -0.4 is 10.1 Å². The summed E-state index contributed by atoms with van der Waals surface area (Å²) in [6.45, 7) is 9.78. The van der Waals surface area contributed by atoms with E-state index < -0.39 is 0 Å². The lowest BCUT2D eigenvalue weighted by molar-refractivity contribution is 0.105. The Morgan fingerprint density at radius 2 is 2.10 bits per heavy atom. The van der Waals surface area contributed by atoms with Crippen LogP contribution in [0, 0.1) is 11.2 Å². The summed E-state index contributed by atoms with van der Waals surface area (Å²) in [7, 11) is 0. The van der Waals surface area contributed by atoms with Crippen molar-refractivity contribution in [3.63, 3.8) is 0 Å². The van der Waals surface area contributed by atoms with Crippen LogP contribution in [0.1, 0.15) is 58.6 Å². The minimum atomic E-state index is -0.227. The Labute approximate surface area is 121 Å². The zero-order valence-corrected chi connectivity index (χ0v) is 13.0. The van der Waals surface area contributed by atoms with Gasteiger partial charge in [-0.05, 0) is 30.9 Å². The Kier molecular flexibility index (Phi) is 4.69. The van der Waals surface area contributed by atoms with Gasteiger partial charge in [-0.25, -0.2) is 4.39 Å². The van der Waals surface area contributed by atoms with Gasteiger partial charge >= 0.3 is 0 Å². The Hall–Kier alpha value is -1.09. The molecule has 1 aromatic rings. The van der Waals surface area contributed by atoms with Crippen LogP contribution in [0.3, 0.4) is 0 Å². The predicted molar refractivity (Wildman–Crippen MR) is 80.5 cm³/mol. The number of rotatable bonds is 4. The summed E-state index contributed by atoms with van der Waals surface area (Å²) in [5.41, 5.74) is 1.30. The first-order valence-corrected chi connectivity index (χ1v) is 7.58. The molecule has 1 aromatic carbocycles. The van der Waals surface area contributed by atoms with Gasteiger partial charge in [-0.3, -0.25) is 0 Å². The highest BCUT2D eigenvalue weighted by Gasteiger charge is 2.30. The molecule has 0 amide bonds. The fraction of sp³-hybridized carbons (Fsp3) is 0.647. The number of ether oxygens (including phenoxy) is 1. The SMILES string of the molecule is CCCNC1CC(CC(C)(C)C)Oc2cc(F)ccc21. The molecule has 0 fully saturated rings. The van der Waals surface area contributed by atoms with E-state index in [4.69, 9.17) is 4.74 Å². The molecule has 1 N–H and O–H groups in total. The van der Waals surface area contributed by atoms with E-state index in [-0.39, 0.29) is 23.4 Å². The number of halogens is 1. The number of hydrogen-bond acceptors (Lipinski definition) is 2. The van der Waals surface area contributed by atoms with Crippen LogP contribution in [-0.2, 0) is 0 Å². The van der Waals surface area contributed by atoms with Gasteiger partial charge in [0.15, 0.2) is 0 Å². The molecule has 2 unspecified atom stereocenters. The highest BCUT2D eigenvalue weighted by Crippen LogP contribution is 2.38. The second-order valence-corrected chi connectivity index (χ2v) is 6.93. The van der Waals surface area contributed by atoms with Gasteiger partial charge in [-0.15, -0.1) is 0 Å². The van der Waals surface area contributed by atoms with Gasteiger partial charge < -0.3 is 10.1 Å². The van der Waals surface area contributed by atoms with Gasteiger partial charge in [0, 0.05) is 24.1 Å². The van der Waals surface area contributed by atoms with Gasteiger partial charge in [0.25, 0.3) is 0 Å². The molecule has 1 heterocycles.